The van der Waals surface area contributed by atoms with Crippen molar-refractivity contribution in [2.75, 3.05) is 5.75 Å². The number of aryl methyl sites for hydroxylation is 1. The van der Waals surface area contributed by atoms with Crippen molar-refractivity contribution >= 4 is 23.8 Å². The fourth-order valence-electron chi connectivity index (χ4n) is 1.96. The number of nitrogens with one attached hydrogen (secondary N) is 1. The molecule has 2 amide bonds. The van der Waals surface area contributed by atoms with E-state index in [1.54, 1.807) is 24.0 Å². The molecule has 1 aromatic rings. The van der Waals surface area contributed by atoms with E-state index in [4.69, 9.17) is 5.11 Å². The number of carboxylic acids is 1. The van der Waals surface area contributed by atoms with E-state index >= 15 is 0 Å². The van der Waals surface area contributed by atoms with E-state index < -0.39 is 12.0 Å². The molecule has 2 unspecified atom stereocenters. The average Bonchev–Trinajstić information content (AvgIpc) is 2.92. The largest absolute Gasteiger partial charge is 0.480 e. The quantitative estimate of drug-likeness (QED) is 0.843. The highest BCUT2D eigenvalue weighted by atomic mass is 32.2. The molecule has 1 aliphatic rings. The first-order valence-electron chi connectivity index (χ1n) is 5.88. The second kappa shape index (κ2) is 5.52. The molecule has 1 aliphatic heterocycles. The lowest BCUT2D eigenvalue weighted by Gasteiger charge is -2.24. The predicted molar refractivity (Wildman–Crippen MR) is 70.6 cm³/mol. The number of nitrogens with zero attached hydrogens (tertiary/aromatic N) is 3. The summed E-state index contributed by atoms with van der Waals surface area (Å²) in [6, 6.07) is 0.677. The van der Waals surface area contributed by atoms with Gasteiger partial charge in [-0.05, 0) is 13.0 Å². The van der Waals surface area contributed by atoms with Gasteiger partial charge in [0.25, 0.3) is 0 Å². The second-order valence-corrected chi connectivity index (χ2v) is 5.68. The Morgan fingerprint density at radius 1 is 1.63 bits per heavy atom. The SMILES string of the molecule is CC1SCC(C(=O)O)N1C(=O)NCc1ccn(C)n1. The highest BCUT2D eigenvalue weighted by molar-refractivity contribution is 8.00. The maximum atomic E-state index is 12.1. The molecule has 1 aromatic heterocycles. The monoisotopic (exact) mass is 284 g/mol. The lowest BCUT2D eigenvalue weighted by atomic mass is 10.3. The minimum absolute atomic E-state index is 0.134. The first kappa shape index (κ1) is 13.7. The van der Waals surface area contributed by atoms with Crippen molar-refractivity contribution in [3.05, 3.63) is 18.0 Å². The summed E-state index contributed by atoms with van der Waals surface area (Å²) in [6.45, 7) is 2.12. The van der Waals surface area contributed by atoms with Crippen molar-refractivity contribution in [3.8, 4) is 0 Å². The standard InChI is InChI=1S/C11H16N4O3S/c1-7-15(9(6-19-7)10(16)17)11(18)12-5-8-3-4-14(2)13-8/h3-4,7,9H,5-6H2,1-2H3,(H,12,18)(H,16,17). The van der Waals surface area contributed by atoms with Gasteiger partial charge in [0, 0.05) is 19.0 Å². The molecule has 2 rings (SSSR count). The fourth-order valence-corrected chi connectivity index (χ4v) is 3.12. The molecular weight excluding hydrogens is 268 g/mol. The van der Waals surface area contributed by atoms with E-state index in [1.807, 2.05) is 6.92 Å². The van der Waals surface area contributed by atoms with Crippen LogP contribution in [0.25, 0.3) is 0 Å². The molecular formula is C11H16N4O3S. The fraction of sp³-hybridized carbons (Fsp3) is 0.545. The summed E-state index contributed by atoms with van der Waals surface area (Å²) in [4.78, 5) is 24.5. The van der Waals surface area contributed by atoms with Crippen LogP contribution in [0.1, 0.15) is 12.6 Å². The molecule has 1 saturated heterocycles. The lowest BCUT2D eigenvalue weighted by Crippen LogP contribution is -2.49. The Kier molecular flexibility index (Phi) is 3.98. The van der Waals surface area contributed by atoms with Crippen molar-refractivity contribution < 1.29 is 14.7 Å². The third-order valence-electron chi connectivity index (χ3n) is 2.93. The number of carbonyl (C=O) groups excluding carboxylic acids is 1. The van der Waals surface area contributed by atoms with Gasteiger partial charge in [-0.2, -0.15) is 5.10 Å². The van der Waals surface area contributed by atoms with Crippen molar-refractivity contribution in [3.63, 3.8) is 0 Å². The average molecular weight is 284 g/mol. The van der Waals surface area contributed by atoms with Gasteiger partial charge < -0.3 is 10.4 Å². The van der Waals surface area contributed by atoms with Gasteiger partial charge in [-0.3, -0.25) is 9.58 Å². The summed E-state index contributed by atoms with van der Waals surface area (Å²) in [5.74, 6) is -0.544. The maximum absolute atomic E-state index is 12.1. The van der Waals surface area contributed by atoms with Crippen LogP contribution in [0.4, 0.5) is 4.79 Å². The van der Waals surface area contributed by atoms with Gasteiger partial charge in [-0.25, -0.2) is 9.59 Å². The molecule has 8 heteroatoms. The molecule has 0 radical (unpaired) electrons. The Morgan fingerprint density at radius 2 is 2.37 bits per heavy atom. The predicted octanol–water partition coefficient (Wildman–Crippen LogP) is 0.478. The highest BCUT2D eigenvalue weighted by Crippen LogP contribution is 2.28. The summed E-state index contributed by atoms with van der Waals surface area (Å²) < 4.78 is 1.65. The van der Waals surface area contributed by atoms with Crippen LogP contribution in [0.15, 0.2) is 12.3 Å². The van der Waals surface area contributed by atoms with Crippen LogP contribution in [0.2, 0.25) is 0 Å². The van der Waals surface area contributed by atoms with Gasteiger partial charge in [-0.15, -0.1) is 11.8 Å². The normalized spacial score (nSPS) is 22.5. The molecule has 2 atom stereocenters. The van der Waals surface area contributed by atoms with Crippen LogP contribution in [-0.4, -0.2) is 49.0 Å². The molecule has 0 spiro atoms. The minimum Gasteiger partial charge on any atom is -0.480 e. The Bertz CT molecular complexity index is 490. The van der Waals surface area contributed by atoms with E-state index in [1.165, 1.54) is 16.7 Å². The number of aliphatic carboxylic acids is 1. The van der Waals surface area contributed by atoms with Crippen LogP contribution in [0, 0.1) is 0 Å². The van der Waals surface area contributed by atoms with Crippen LogP contribution in [-0.2, 0) is 18.4 Å². The van der Waals surface area contributed by atoms with E-state index in [0.29, 0.717) is 12.3 Å². The number of amides is 2. The third-order valence-corrected chi connectivity index (χ3v) is 4.15. The van der Waals surface area contributed by atoms with Crippen molar-refractivity contribution in [2.45, 2.75) is 24.9 Å². The maximum Gasteiger partial charge on any atom is 0.327 e. The topological polar surface area (TPSA) is 87.5 Å². The molecule has 0 bridgehead atoms. The zero-order valence-corrected chi connectivity index (χ0v) is 11.6. The summed E-state index contributed by atoms with van der Waals surface area (Å²) in [5, 5.41) is 15.8. The van der Waals surface area contributed by atoms with Gasteiger partial charge in [-0.1, -0.05) is 0 Å². The highest BCUT2D eigenvalue weighted by Gasteiger charge is 2.39. The number of urea groups is 1. The zero-order chi connectivity index (χ0) is 14.0. The summed E-state index contributed by atoms with van der Waals surface area (Å²) in [5.41, 5.74) is 0.738. The zero-order valence-electron chi connectivity index (χ0n) is 10.7. The molecule has 7 nitrogen and oxygen atoms in total. The molecule has 0 saturated carbocycles. The molecule has 1 fully saturated rings. The van der Waals surface area contributed by atoms with Gasteiger partial charge >= 0.3 is 12.0 Å². The van der Waals surface area contributed by atoms with Gasteiger partial charge in [0.1, 0.15) is 6.04 Å². The summed E-state index contributed by atoms with van der Waals surface area (Å²) >= 11 is 1.46. The second-order valence-electron chi connectivity index (χ2n) is 4.33. The minimum atomic E-state index is -0.968. The number of aromatic nitrogens is 2. The lowest BCUT2D eigenvalue weighted by molar-refractivity contribution is -0.141. The van der Waals surface area contributed by atoms with Crippen LogP contribution in [0.3, 0.4) is 0 Å². The molecule has 104 valence electrons. The number of rotatable bonds is 3. The smallest absolute Gasteiger partial charge is 0.327 e. The molecule has 19 heavy (non-hydrogen) atoms. The molecule has 2 N–H and O–H groups in total. The van der Waals surface area contributed by atoms with E-state index in [2.05, 4.69) is 10.4 Å². The molecule has 0 aliphatic carbocycles. The molecule has 0 aromatic carbocycles. The first-order valence-corrected chi connectivity index (χ1v) is 6.93. The summed E-state index contributed by atoms with van der Waals surface area (Å²) in [6.07, 6.45) is 1.79. The van der Waals surface area contributed by atoms with Crippen LogP contribution >= 0.6 is 11.8 Å². The third kappa shape index (κ3) is 3.01. The van der Waals surface area contributed by atoms with Crippen LogP contribution in [0.5, 0.6) is 0 Å². The Balaban J connectivity index is 1.96. The molecule has 2 heterocycles. The van der Waals surface area contributed by atoms with E-state index in [-0.39, 0.29) is 11.4 Å². The Labute approximate surface area is 115 Å². The van der Waals surface area contributed by atoms with E-state index in [0.717, 1.165) is 5.69 Å². The number of carbonyl (C=O) groups is 2. The van der Waals surface area contributed by atoms with Crippen molar-refractivity contribution in [2.24, 2.45) is 7.05 Å². The van der Waals surface area contributed by atoms with Gasteiger partial charge in [0.2, 0.25) is 0 Å². The Hall–Kier alpha value is -1.70. The summed E-state index contributed by atoms with van der Waals surface area (Å²) in [7, 11) is 1.80. The number of hydrogen-bond acceptors (Lipinski definition) is 4. The Morgan fingerprint density at radius 3 is 2.95 bits per heavy atom. The first-order chi connectivity index (χ1) is 8.99. The van der Waals surface area contributed by atoms with Gasteiger partial charge in [0.15, 0.2) is 0 Å². The van der Waals surface area contributed by atoms with Crippen molar-refractivity contribution in [1.29, 1.82) is 0 Å². The van der Waals surface area contributed by atoms with Crippen LogP contribution < -0.4 is 5.32 Å². The number of thioether (sulfide) groups is 1. The number of hydrogen-bond donors (Lipinski definition) is 2. The van der Waals surface area contributed by atoms with Crippen molar-refractivity contribution in [1.82, 2.24) is 20.0 Å². The van der Waals surface area contributed by atoms with E-state index in [9.17, 15) is 9.59 Å². The van der Waals surface area contributed by atoms with Gasteiger partial charge in [0.05, 0.1) is 17.6 Å². The number of carboxylic acid groups (broad SMARTS) is 1.